The Balaban J connectivity index is 1.44. The molecule has 1 saturated heterocycles. The Hall–Kier alpha value is -3.88. The zero-order valence-corrected chi connectivity index (χ0v) is 17.1. The van der Waals surface area contributed by atoms with E-state index in [1.807, 2.05) is 0 Å². The van der Waals surface area contributed by atoms with Gasteiger partial charge in [-0.15, -0.1) is 0 Å². The molecule has 0 radical (unpaired) electrons. The van der Waals surface area contributed by atoms with Crippen LogP contribution in [0.1, 0.15) is 10.4 Å². The maximum Gasteiger partial charge on any atom is 0.337 e. The summed E-state index contributed by atoms with van der Waals surface area (Å²) in [6.45, 7) is 3.00. The highest BCUT2D eigenvalue weighted by molar-refractivity contribution is 5.90. The van der Waals surface area contributed by atoms with Gasteiger partial charge in [0.2, 0.25) is 0 Å². The molecule has 160 valence electrons. The predicted octanol–water partition coefficient (Wildman–Crippen LogP) is 3.05. The first-order chi connectivity index (χ1) is 15.0. The van der Waals surface area contributed by atoms with Crippen molar-refractivity contribution in [3.63, 3.8) is 0 Å². The van der Waals surface area contributed by atoms with Crippen LogP contribution in [0.3, 0.4) is 0 Å². The lowest BCUT2D eigenvalue weighted by atomic mass is 10.2. The number of hydrogen-bond acceptors (Lipinski definition) is 8. The molecule has 0 saturated carbocycles. The number of ether oxygens (including phenoxy) is 1. The summed E-state index contributed by atoms with van der Waals surface area (Å²) in [5, 5.41) is 3.17. The van der Waals surface area contributed by atoms with Crippen LogP contribution in [0.4, 0.5) is 33.1 Å². The first-order valence-corrected chi connectivity index (χ1v) is 9.86. The normalized spacial score (nSPS) is 13.7. The first-order valence-electron chi connectivity index (χ1n) is 9.86. The van der Waals surface area contributed by atoms with E-state index < -0.39 is 5.97 Å². The maximum atomic E-state index is 13.2. The third-order valence-corrected chi connectivity index (χ3v) is 5.20. The second kappa shape index (κ2) is 8.86. The first kappa shape index (κ1) is 20.4. The van der Waals surface area contributed by atoms with Crippen molar-refractivity contribution in [2.24, 2.45) is 0 Å². The standard InChI is InChI=1S/C22H23FN6O2/c1-31-22(30)15-2-6-17(7-3-15)27-20-19(24)21(26-14-25-20)29-12-10-28(11-13-29)18-8-4-16(23)5-9-18/h2-9,14H,10-13,24H2,1H3,(H,25,26,27). The molecule has 0 bridgehead atoms. The third kappa shape index (κ3) is 4.50. The molecule has 3 N–H and O–H groups in total. The van der Waals surface area contributed by atoms with Crippen LogP contribution in [0.2, 0.25) is 0 Å². The van der Waals surface area contributed by atoms with Gasteiger partial charge in [-0.1, -0.05) is 0 Å². The fraction of sp³-hybridized carbons (Fsp3) is 0.227. The monoisotopic (exact) mass is 422 g/mol. The highest BCUT2D eigenvalue weighted by Gasteiger charge is 2.21. The minimum Gasteiger partial charge on any atom is -0.465 e. The Kier molecular flexibility index (Phi) is 5.83. The molecular weight excluding hydrogens is 399 g/mol. The molecule has 0 aliphatic carbocycles. The minimum absolute atomic E-state index is 0.240. The van der Waals surface area contributed by atoms with Crippen LogP contribution in [-0.2, 0) is 4.74 Å². The van der Waals surface area contributed by atoms with Gasteiger partial charge >= 0.3 is 5.97 Å². The highest BCUT2D eigenvalue weighted by atomic mass is 19.1. The van der Waals surface area contributed by atoms with Gasteiger partial charge in [-0.05, 0) is 48.5 Å². The molecule has 2 heterocycles. The fourth-order valence-corrected chi connectivity index (χ4v) is 3.51. The quantitative estimate of drug-likeness (QED) is 0.606. The van der Waals surface area contributed by atoms with Gasteiger partial charge < -0.3 is 25.6 Å². The SMILES string of the molecule is COC(=O)c1ccc(Nc2ncnc(N3CCN(c4ccc(F)cc4)CC3)c2N)cc1. The third-order valence-electron chi connectivity index (χ3n) is 5.20. The summed E-state index contributed by atoms with van der Waals surface area (Å²) in [7, 11) is 1.34. The molecule has 2 aromatic carbocycles. The van der Waals surface area contributed by atoms with Gasteiger partial charge in [-0.25, -0.2) is 19.2 Å². The molecule has 1 aliphatic rings. The number of nitrogen functional groups attached to an aromatic ring is 1. The number of aromatic nitrogens is 2. The lowest BCUT2D eigenvalue weighted by Gasteiger charge is -2.37. The second-order valence-corrected chi connectivity index (χ2v) is 7.10. The van der Waals surface area contributed by atoms with Crippen LogP contribution in [-0.4, -0.2) is 49.2 Å². The minimum atomic E-state index is -0.393. The zero-order valence-electron chi connectivity index (χ0n) is 17.1. The average Bonchev–Trinajstić information content (AvgIpc) is 2.81. The number of nitrogens with zero attached hydrogens (tertiary/aromatic N) is 4. The van der Waals surface area contributed by atoms with Crippen molar-refractivity contribution >= 4 is 34.7 Å². The van der Waals surface area contributed by atoms with E-state index in [1.165, 1.54) is 25.6 Å². The number of carbonyl (C=O) groups is 1. The van der Waals surface area contributed by atoms with Gasteiger partial charge in [0.1, 0.15) is 17.8 Å². The van der Waals surface area contributed by atoms with E-state index >= 15 is 0 Å². The Bertz CT molecular complexity index is 1050. The molecule has 0 amide bonds. The number of methoxy groups -OCH3 is 1. The molecule has 8 nitrogen and oxygen atoms in total. The number of piperazine rings is 1. The molecule has 1 aliphatic heterocycles. The van der Waals surface area contributed by atoms with Gasteiger partial charge in [0.15, 0.2) is 11.6 Å². The molecule has 0 unspecified atom stereocenters. The number of hydrogen-bond donors (Lipinski definition) is 2. The smallest absolute Gasteiger partial charge is 0.337 e. The maximum absolute atomic E-state index is 13.2. The van der Waals surface area contributed by atoms with Gasteiger partial charge in [-0.3, -0.25) is 0 Å². The number of nitrogens with two attached hydrogens (primary N) is 1. The lowest BCUT2D eigenvalue weighted by molar-refractivity contribution is 0.0601. The van der Waals surface area contributed by atoms with Crippen molar-refractivity contribution in [2.45, 2.75) is 0 Å². The van der Waals surface area contributed by atoms with E-state index in [0.29, 0.717) is 22.9 Å². The molecule has 0 atom stereocenters. The van der Waals surface area contributed by atoms with Crippen molar-refractivity contribution in [3.05, 3.63) is 66.2 Å². The number of nitrogens with one attached hydrogen (secondary N) is 1. The number of halogens is 1. The van der Waals surface area contributed by atoms with Crippen molar-refractivity contribution in [3.8, 4) is 0 Å². The fourth-order valence-electron chi connectivity index (χ4n) is 3.51. The van der Waals surface area contributed by atoms with E-state index in [0.717, 1.165) is 37.6 Å². The average molecular weight is 422 g/mol. The van der Waals surface area contributed by atoms with Crippen molar-refractivity contribution in [2.75, 3.05) is 54.1 Å². The second-order valence-electron chi connectivity index (χ2n) is 7.10. The predicted molar refractivity (Wildman–Crippen MR) is 118 cm³/mol. The summed E-state index contributed by atoms with van der Waals surface area (Å²) in [6, 6.07) is 13.4. The molecule has 9 heteroatoms. The Labute approximate surface area is 179 Å². The number of rotatable bonds is 5. The van der Waals surface area contributed by atoms with Crippen molar-refractivity contribution in [1.82, 2.24) is 9.97 Å². The summed E-state index contributed by atoms with van der Waals surface area (Å²) in [5.41, 5.74) is 9.02. The van der Waals surface area contributed by atoms with Crippen LogP contribution in [0.25, 0.3) is 0 Å². The van der Waals surface area contributed by atoms with Gasteiger partial charge in [0.05, 0.1) is 12.7 Å². The number of anilines is 5. The summed E-state index contributed by atoms with van der Waals surface area (Å²) >= 11 is 0. The molecule has 31 heavy (non-hydrogen) atoms. The molecule has 4 rings (SSSR count). The van der Waals surface area contributed by atoms with Gasteiger partial charge in [-0.2, -0.15) is 0 Å². The van der Waals surface area contributed by atoms with Crippen LogP contribution < -0.4 is 20.9 Å². The van der Waals surface area contributed by atoms with E-state index in [1.54, 1.807) is 36.4 Å². The summed E-state index contributed by atoms with van der Waals surface area (Å²) in [5.74, 6) is 0.533. The number of esters is 1. The Morgan fingerprint density at radius 2 is 1.65 bits per heavy atom. The number of benzene rings is 2. The van der Waals surface area contributed by atoms with Gasteiger partial charge in [0, 0.05) is 37.6 Å². The van der Waals surface area contributed by atoms with Gasteiger partial charge in [0.25, 0.3) is 0 Å². The van der Waals surface area contributed by atoms with Crippen LogP contribution >= 0.6 is 0 Å². The number of carbonyl (C=O) groups excluding carboxylic acids is 1. The lowest BCUT2D eigenvalue weighted by Crippen LogP contribution is -2.47. The summed E-state index contributed by atoms with van der Waals surface area (Å²) in [4.78, 5) is 24.5. The molecular formula is C22H23FN6O2. The Morgan fingerprint density at radius 1 is 1.00 bits per heavy atom. The van der Waals surface area contributed by atoms with E-state index in [-0.39, 0.29) is 5.82 Å². The molecule has 1 fully saturated rings. The topological polar surface area (TPSA) is 96.6 Å². The van der Waals surface area contributed by atoms with E-state index in [4.69, 9.17) is 10.5 Å². The van der Waals surface area contributed by atoms with E-state index in [9.17, 15) is 9.18 Å². The van der Waals surface area contributed by atoms with Crippen LogP contribution in [0.15, 0.2) is 54.9 Å². The molecule has 1 aromatic heterocycles. The largest absolute Gasteiger partial charge is 0.465 e. The van der Waals surface area contributed by atoms with Crippen LogP contribution in [0, 0.1) is 5.82 Å². The van der Waals surface area contributed by atoms with Crippen molar-refractivity contribution < 1.29 is 13.9 Å². The molecule has 0 spiro atoms. The van der Waals surface area contributed by atoms with E-state index in [2.05, 4.69) is 25.1 Å². The summed E-state index contributed by atoms with van der Waals surface area (Å²) in [6.07, 6.45) is 1.48. The molecule has 3 aromatic rings. The summed E-state index contributed by atoms with van der Waals surface area (Å²) < 4.78 is 17.9. The highest BCUT2D eigenvalue weighted by Crippen LogP contribution is 2.30. The van der Waals surface area contributed by atoms with Crippen molar-refractivity contribution in [1.29, 1.82) is 0 Å². The Morgan fingerprint density at radius 3 is 2.29 bits per heavy atom. The van der Waals surface area contributed by atoms with Crippen LogP contribution in [0.5, 0.6) is 0 Å². The zero-order chi connectivity index (χ0) is 21.8.